The summed E-state index contributed by atoms with van der Waals surface area (Å²) in [6.07, 6.45) is 0. The molecule has 0 aromatic rings. The van der Waals surface area contributed by atoms with Crippen molar-refractivity contribution < 1.29 is 0 Å². The highest BCUT2D eigenvalue weighted by atomic mass is 27.2. The van der Waals surface area contributed by atoms with Gasteiger partial charge < -0.3 is 0 Å². The zero-order valence-corrected chi connectivity index (χ0v) is 9.87. The molecule has 3 heterocycles. The van der Waals surface area contributed by atoms with Crippen LogP contribution in [-0.2, 0) is 0 Å². The van der Waals surface area contributed by atoms with Crippen LogP contribution in [0.25, 0.3) is 0 Å². The van der Waals surface area contributed by atoms with Gasteiger partial charge in [0.25, 0.3) is 14.1 Å². The van der Waals surface area contributed by atoms with E-state index in [2.05, 4.69) is 27.2 Å². The van der Waals surface area contributed by atoms with Crippen LogP contribution >= 0.6 is 0 Å². The zero-order chi connectivity index (χ0) is 8.97. The molecule has 3 saturated heterocycles. The molecule has 12 heavy (non-hydrogen) atoms. The van der Waals surface area contributed by atoms with Crippen LogP contribution in [0.2, 0.25) is 17.4 Å². The number of nitrogens with zero attached hydrogens (tertiary/aromatic N) is 2. The largest absolute Gasteiger partial charge is 0.300 e. The van der Waals surface area contributed by atoms with Crippen LogP contribution in [0.1, 0.15) is 0 Å². The summed E-state index contributed by atoms with van der Waals surface area (Å²) in [7, 11) is 0. The third-order valence-electron chi connectivity index (χ3n) is 2.20. The number of hydrogen-bond donors (Lipinski definition) is 0. The van der Waals surface area contributed by atoms with Crippen molar-refractivity contribution in [1.29, 1.82) is 0 Å². The van der Waals surface area contributed by atoms with Gasteiger partial charge in [-0.1, -0.05) is 0 Å². The fraction of sp³-hybridized carbons (Fsp3) is 1.00. The van der Waals surface area contributed by atoms with Gasteiger partial charge in [0.15, 0.2) is 0 Å². The molecule has 2 nitrogen and oxygen atoms in total. The molecule has 3 rings (SSSR count). The van der Waals surface area contributed by atoms with Gasteiger partial charge in [-0.25, -0.2) is 0 Å². The van der Waals surface area contributed by atoms with E-state index in [9.17, 15) is 0 Å². The molecule has 0 N–H and O–H groups in total. The lowest BCUT2D eigenvalue weighted by Gasteiger charge is -2.41. The first-order valence-electron chi connectivity index (χ1n) is 5.13. The molecule has 3 fully saturated rings. The van der Waals surface area contributed by atoms with E-state index >= 15 is 0 Å². The molecule has 3 aliphatic rings. The van der Waals surface area contributed by atoms with Crippen molar-refractivity contribution in [3.63, 3.8) is 0 Å². The molecule has 0 spiro atoms. The van der Waals surface area contributed by atoms with Crippen LogP contribution in [0.15, 0.2) is 0 Å². The van der Waals surface area contributed by atoms with Crippen molar-refractivity contribution >= 4 is 14.1 Å². The lowest BCUT2D eigenvalue weighted by molar-refractivity contribution is 0.0647. The third kappa shape index (κ3) is 3.91. The number of piperazine rings is 3. The Morgan fingerprint density at radius 2 is 0.833 bits per heavy atom. The number of hydrogen-bond acceptors (Lipinski definition) is 2. The van der Waals surface area contributed by atoms with Crippen LogP contribution in [0.4, 0.5) is 0 Å². The first-order chi connectivity index (χ1) is 5.68. The second kappa shape index (κ2) is 5.24. The summed E-state index contributed by atoms with van der Waals surface area (Å²) in [6, 6.07) is 0. The predicted molar refractivity (Wildman–Crippen MR) is 56.2 cm³/mol. The van der Waals surface area contributed by atoms with Crippen LogP contribution in [0.5, 0.6) is 0 Å². The molecular formula is C9H21AlN2. The van der Waals surface area contributed by atoms with E-state index in [0.717, 1.165) is 0 Å². The Balaban J connectivity index is 0.000000157. The zero-order valence-electron chi connectivity index (χ0n) is 8.71. The Kier molecular flexibility index (Phi) is 4.60. The van der Waals surface area contributed by atoms with E-state index in [4.69, 9.17) is 0 Å². The lowest BCUT2D eigenvalue weighted by atomic mass is 10.2. The van der Waals surface area contributed by atoms with Crippen molar-refractivity contribution in [2.45, 2.75) is 17.4 Å². The highest BCUT2D eigenvalue weighted by Crippen LogP contribution is 2.06. The minimum atomic E-state index is -0.139. The Morgan fingerprint density at radius 1 is 0.667 bits per heavy atom. The van der Waals surface area contributed by atoms with Gasteiger partial charge in [-0.3, -0.25) is 9.80 Å². The molecule has 3 aliphatic heterocycles. The lowest BCUT2D eigenvalue weighted by Crippen LogP contribution is -2.55. The van der Waals surface area contributed by atoms with Gasteiger partial charge in [-0.15, -0.1) is 17.4 Å². The predicted octanol–water partition coefficient (Wildman–Crippen LogP) is 0.988. The summed E-state index contributed by atoms with van der Waals surface area (Å²) < 4.78 is 0. The van der Waals surface area contributed by atoms with Crippen LogP contribution in [-0.4, -0.2) is 63.2 Å². The summed E-state index contributed by atoms with van der Waals surface area (Å²) in [5, 5.41) is 0. The van der Waals surface area contributed by atoms with Gasteiger partial charge in [0, 0.05) is 39.3 Å². The maximum atomic E-state index is 2.54. The molecule has 0 saturated carbocycles. The second-order valence-corrected chi connectivity index (χ2v) is 7.88. The van der Waals surface area contributed by atoms with Crippen molar-refractivity contribution in [2.24, 2.45) is 0 Å². The van der Waals surface area contributed by atoms with E-state index < -0.39 is 0 Å². The summed E-state index contributed by atoms with van der Waals surface area (Å²) in [4.78, 5) is 5.08. The van der Waals surface area contributed by atoms with Crippen LogP contribution in [0, 0.1) is 0 Å². The molecule has 0 radical (unpaired) electrons. The number of rotatable bonds is 0. The minimum absolute atomic E-state index is 0.139. The summed E-state index contributed by atoms with van der Waals surface area (Å²) >= 11 is -0.139. The molecule has 0 aliphatic carbocycles. The molecule has 0 amide bonds. The average Bonchev–Trinajstić information content (AvgIpc) is 2.07. The van der Waals surface area contributed by atoms with Gasteiger partial charge in [-0.2, -0.15) is 0 Å². The normalized spacial score (nSPS) is 32.2. The maximum Gasteiger partial charge on any atom is 0.251 e. The fourth-order valence-corrected chi connectivity index (χ4v) is 1.52. The fourth-order valence-electron chi connectivity index (χ4n) is 1.52. The Labute approximate surface area is 80.9 Å². The molecule has 0 unspecified atom stereocenters. The molecular weight excluding hydrogens is 163 g/mol. The van der Waals surface area contributed by atoms with E-state index in [1.165, 1.54) is 39.3 Å². The molecule has 2 bridgehead atoms. The van der Waals surface area contributed by atoms with E-state index in [1.54, 1.807) is 0 Å². The molecule has 0 aromatic carbocycles. The van der Waals surface area contributed by atoms with Gasteiger partial charge in [0.1, 0.15) is 0 Å². The van der Waals surface area contributed by atoms with Crippen molar-refractivity contribution in [3.8, 4) is 0 Å². The second-order valence-electron chi connectivity index (χ2n) is 4.42. The van der Waals surface area contributed by atoms with Crippen molar-refractivity contribution in [1.82, 2.24) is 9.80 Å². The van der Waals surface area contributed by atoms with Crippen molar-refractivity contribution in [3.05, 3.63) is 0 Å². The average molecular weight is 184 g/mol. The first kappa shape index (κ1) is 10.5. The van der Waals surface area contributed by atoms with Gasteiger partial charge >= 0.3 is 0 Å². The monoisotopic (exact) mass is 184 g/mol. The topological polar surface area (TPSA) is 6.48 Å². The number of fused-ring (bicyclic) bond motifs is 3. The first-order valence-corrected chi connectivity index (χ1v) is 8.59. The Hall–Kier alpha value is 0.452. The van der Waals surface area contributed by atoms with Crippen LogP contribution in [0.3, 0.4) is 0 Å². The Morgan fingerprint density at radius 3 is 0.917 bits per heavy atom. The molecule has 0 atom stereocenters. The highest BCUT2D eigenvalue weighted by molar-refractivity contribution is 6.54. The van der Waals surface area contributed by atoms with E-state index in [0.29, 0.717) is 0 Å². The smallest absolute Gasteiger partial charge is 0.251 e. The standard InChI is InChI=1S/C6H12N2.3CH3.Al/c1-2-8-5-3-7(1)4-6-8;;;;/h1-6H2;3*1H3;. The van der Waals surface area contributed by atoms with Gasteiger partial charge in [-0.05, 0) is 0 Å². The summed E-state index contributed by atoms with van der Waals surface area (Å²) in [5.74, 6) is 6.92. The molecule has 0 aromatic heterocycles. The summed E-state index contributed by atoms with van der Waals surface area (Å²) in [5.41, 5.74) is 0. The van der Waals surface area contributed by atoms with Crippen LogP contribution < -0.4 is 0 Å². The quantitative estimate of drug-likeness (QED) is 0.518. The molecule has 3 heteroatoms. The van der Waals surface area contributed by atoms with E-state index in [-0.39, 0.29) is 14.1 Å². The SMILES string of the molecule is C1CN2CCN1CC2.[CH3][Al]([CH3])[CH3]. The van der Waals surface area contributed by atoms with Gasteiger partial charge in [0.2, 0.25) is 0 Å². The highest BCUT2D eigenvalue weighted by Gasteiger charge is 2.21. The van der Waals surface area contributed by atoms with Crippen molar-refractivity contribution in [2.75, 3.05) is 39.3 Å². The minimum Gasteiger partial charge on any atom is -0.300 e. The Bertz CT molecular complexity index is 93.9. The molecule has 70 valence electrons. The summed E-state index contributed by atoms with van der Waals surface area (Å²) in [6.45, 7) is 7.92. The van der Waals surface area contributed by atoms with E-state index in [1.807, 2.05) is 0 Å². The maximum absolute atomic E-state index is 2.54. The third-order valence-corrected chi connectivity index (χ3v) is 2.20. The van der Waals surface area contributed by atoms with Gasteiger partial charge in [0.05, 0.1) is 0 Å².